The lowest BCUT2D eigenvalue weighted by molar-refractivity contribution is -0.143. The van der Waals surface area contributed by atoms with Gasteiger partial charge in [-0.3, -0.25) is 9.89 Å². The smallest absolute Gasteiger partial charge is 0.356 e. The maximum atomic E-state index is 12.4. The fourth-order valence-electron chi connectivity index (χ4n) is 2.79. The number of halogens is 3. The Balaban J connectivity index is 1.61. The number of nitrogens with zero attached hydrogens (tertiary/aromatic N) is 2. The van der Waals surface area contributed by atoms with Crippen molar-refractivity contribution in [1.82, 2.24) is 15.5 Å². The van der Waals surface area contributed by atoms with Gasteiger partial charge in [0.15, 0.2) is 5.96 Å². The van der Waals surface area contributed by atoms with Crippen LogP contribution in [-0.2, 0) is 0 Å². The van der Waals surface area contributed by atoms with Gasteiger partial charge in [0, 0.05) is 37.3 Å². The largest absolute Gasteiger partial charge is 0.401 e. The molecule has 0 radical (unpaired) electrons. The molecule has 1 fully saturated rings. The maximum Gasteiger partial charge on any atom is 0.401 e. The fraction of sp³-hybridized carbons (Fsp3) is 0.588. The number of alkyl halides is 3. The van der Waals surface area contributed by atoms with Crippen molar-refractivity contribution in [1.29, 1.82) is 0 Å². The number of benzene rings is 1. The number of thioether (sulfide) groups is 1. The highest BCUT2D eigenvalue weighted by molar-refractivity contribution is 7.99. The average molecular weight is 374 g/mol. The molecule has 8 heteroatoms. The van der Waals surface area contributed by atoms with Gasteiger partial charge in [-0.2, -0.15) is 13.2 Å². The summed E-state index contributed by atoms with van der Waals surface area (Å²) in [4.78, 5) is 6.86. The molecule has 0 saturated carbocycles. The Morgan fingerprint density at radius 1 is 1.28 bits per heavy atom. The van der Waals surface area contributed by atoms with E-state index in [4.69, 9.17) is 0 Å². The van der Waals surface area contributed by atoms with E-state index in [1.807, 2.05) is 18.2 Å². The quantitative estimate of drug-likeness (QED) is 0.333. The highest BCUT2D eigenvalue weighted by Crippen LogP contribution is 2.22. The van der Waals surface area contributed by atoms with Gasteiger partial charge in [0.05, 0.1) is 6.54 Å². The minimum atomic E-state index is -4.11. The van der Waals surface area contributed by atoms with Crippen LogP contribution >= 0.6 is 11.8 Å². The number of nitrogens with one attached hydrogen (secondary N) is 2. The third-order valence-electron chi connectivity index (χ3n) is 3.96. The lowest BCUT2D eigenvalue weighted by Crippen LogP contribution is -2.41. The van der Waals surface area contributed by atoms with Gasteiger partial charge in [0.1, 0.15) is 0 Å². The number of hydrogen-bond donors (Lipinski definition) is 2. The molecule has 1 saturated heterocycles. The standard InChI is InChI=1S/C17H25F3N4S/c1-21-16(22-8-10-25-15-5-3-2-4-6-15)23-11-14-7-9-24(12-14)13-17(18,19)20/h2-6,14H,7-13H2,1H3,(H2,21,22,23). The van der Waals surface area contributed by atoms with E-state index in [-0.39, 0.29) is 5.92 Å². The van der Waals surface area contributed by atoms with Crippen LogP contribution in [0.2, 0.25) is 0 Å². The van der Waals surface area contributed by atoms with Gasteiger partial charge < -0.3 is 10.6 Å². The highest BCUT2D eigenvalue weighted by Gasteiger charge is 2.34. The highest BCUT2D eigenvalue weighted by atomic mass is 32.2. The Morgan fingerprint density at radius 3 is 2.72 bits per heavy atom. The van der Waals surface area contributed by atoms with Crippen LogP contribution in [0.15, 0.2) is 40.2 Å². The van der Waals surface area contributed by atoms with E-state index < -0.39 is 12.7 Å². The number of aliphatic imine (C=N–C) groups is 1. The monoisotopic (exact) mass is 374 g/mol. The van der Waals surface area contributed by atoms with Crippen LogP contribution in [-0.4, -0.2) is 62.6 Å². The summed E-state index contributed by atoms with van der Waals surface area (Å²) in [5, 5.41) is 6.45. The molecule has 1 aliphatic heterocycles. The predicted octanol–water partition coefficient (Wildman–Crippen LogP) is 2.83. The molecule has 1 heterocycles. The molecule has 140 valence electrons. The van der Waals surface area contributed by atoms with Gasteiger partial charge in [-0.1, -0.05) is 18.2 Å². The zero-order valence-electron chi connectivity index (χ0n) is 14.4. The van der Waals surface area contributed by atoms with Gasteiger partial charge in [0.2, 0.25) is 0 Å². The van der Waals surface area contributed by atoms with Gasteiger partial charge in [0.25, 0.3) is 0 Å². The predicted molar refractivity (Wildman–Crippen MR) is 97.1 cm³/mol. The molecular formula is C17H25F3N4S. The molecule has 25 heavy (non-hydrogen) atoms. The molecule has 0 aliphatic carbocycles. The van der Waals surface area contributed by atoms with E-state index in [1.165, 1.54) is 9.80 Å². The molecule has 1 unspecified atom stereocenters. The summed E-state index contributed by atoms with van der Waals surface area (Å²) in [6.07, 6.45) is -3.33. The van der Waals surface area contributed by atoms with Crippen molar-refractivity contribution < 1.29 is 13.2 Å². The summed E-state index contributed by atoms with van der Waals surface area (Å²) in [6.45, 7) is 1.58. The van der Waals surface area contributed by atoms with Crippen LogP contribution in [0.25, 0.3) is 0 Å². The van der Waals surface area contributed by atoms with E-state index in [0.29, 0.717) is 25.6 Å². The average Bonchev–Trinajstić information content (AvgIpc) is 3.00. The number of rotatable bonds is 7. The summed E-state index contributed by atoms with van der Waals surface area (Å²) in [5.41, 5.74) is 0. The second kappa shape index (κ2) is 9.91. The molecule has 1 aliphatic rings. The minimum absolute atomic E-state index is 0.222. The lowest BCUT2D eigenvalue weighted by Gasteiger charge is -2.18. The molecule has 2 rings (SSSR count). The first-order valence-corrected chi connectivity index (χ1v) is 9.36. The SMILES string of the molecule is CN=C(NCCSc1ccccc1)NCC1CCN(CC(F)(F)F)C1. The lowest BCUT2D eigenvalue weighted by atomic mass is 10.1. The summed E-state index contributed by atoms with van der Waals surface area (Å²) >= 11 is 1.76. The Kier molecular flexibility index (Phi) is 7.90. The first-order valence-electron chi connectivity index (χ1n) is 8.38. The van der Waals surface area contributed by atoms with Crippen molar-refractivity contribution >= 4 is 17.7 Å². The molecular weight excluding hydrogens is 349 g/mol. The molecule has 1 aromatic carbocycles. The van der Waals surface area contributed by atoms with Gasteiger partial charge in [-0.25, -0.2) is 0 Å². The van der Waals surface area contributed by atoms with Gasteiger partial charge >= 0.3 is 6.18 Å². The molecule has 1 aromatic rings. The van der Waals surface area contributed by atoms with E-state index >= 15 is 0 Å². The third-order valence-corrected chi connectivity index (χ3v) is 4.97. The Hall–Kier alpha value is -1.41. The topological polar surface area (TPSA) is 39.7 Å². The van der Waals surface area contributed by atoms with E-state index in [0.717, 1.165) is 18.7 Å². The van der Waals surface area contributed by atoms with Gasteiger partial charge in [-0.05, 0) is 31.0 Å². The first-order chi connectivity index (χ1) is 12.0. The number of guanidine groups is 1. The van der Waals surface area contributed by atoms with Crippen LogP contribution in [0.4, 0.5) is 13.2 Å². The van der Waals surface area contributed by atoms with E-state index in [1.54, 1.807) is 18.8 Å². The molecule has 4 nitrogen and oxygen atoms in total. The number of likely N-dealkylation sites (tertiary alicyclic amines) is 1. The van der Waals surface area contributed by atoms with Crippen molar-refractivity contribution in [3.05, 3.63) is 30.3 Å². The van der Waals surface area contributed by atoms with Crippen molar-refractivity contribution in [2.45, 2.75) is 17.5 Å². The van der Waals surface area contributed by atoms with Gasteiger partial charge in [-0.15, -0.1) is 11.8 Å². The van der Waals surface area contributed by atoms with Crippen LogP contribution in [0.3, 0.4) is 0 Å². The molecule has 2 N–H and O–H groups in total. The van der Waals surface area contributed by atoms with Crippen molar-refractivity contribution in [3.63, 3.8) is 0 Å². The zero-order valence-corrected chi connectivity index (χ0v) is 15.2. The molecule has 1 atom stereocenters. The zero-order chi connectivity index (χ0) is 18.1. The molecule has 0 bridgehead atoms. The normalized spacial score (nSPS) is 19.2. The minimum Gasteiger partial charge on any atom is -0.356 e. The Morgan fingerprint density at radius 2 is 2.04 bits per heavy atom. The van der Waals surface area contributed by atoms with Crippen molar-refractivity contribution in [2.24, 2.45) is 10.9 Å². The number of hydrogen-bond acceptors (Lipinski definition) is 3. The summed E-state index contributed by atoms with van der Waals surface area (Å²) in [5.74, 6) is 1.83. The summed E-state index contributed by atoms with van der Waals surface area (Å²) < 4.78 is 37.2. The molecule has 0 aromatic heterocycles. The van der Waals surface area contributed by atoms with Crippen LogP contribution in [0.5, 0.6) is 0 Å². The van der Waals surface area contributed by atoms with Crippen molar-refractivity contribution in [2.75, 3.05) is 45.5 Å². The Bertz CT molecular complexity index is 536. The van der Waals surface area contributed by atoms with Crippen LogP contribution < -0.4 is 10.6 Å². The second-order valence-corrected chi connectivity index (χ2v) is 7.21. The maximum absolute atomic E-state index is 12.4. The molecule has 0 amide bonds. The van der Waals surface area contributed by atoms with Crippen molar-refractivity contribution in [3.8, 4) is 0 Å². The Labute approximate surface area is 151 Å². The fourth-order valence-corrected chi connectivity index (χ4v) is 3.58. The first kappa shape index (κ1) is 19.9. The van der Waals surface area contributed by atoms with E-state index in [9.17, 15) is 13.2 Å². The van der Waals surface area contributed by atoms with Crippen LogP contribution in [0, 0.1) is 5.92 Å². The summed E-state index contributed by atoms with van der Waals surface area (Å²) in [7, 11) is 1.70. The summed E-state index contributed by atoms with van der Waals surface area (Å²) in [6, 6.07) is 10.2. The van der Waals surface area contributed by atoms with Crippen LogP contribution in [0.1, 0.15) is 6.42 Å². The molecule has 0 spiro atoms. The van der Waals surface area contributed by atoms with E-state index in [2.05, 4.69) is 27.8 Å². The second-order valence-electron chi connectivity index (χ2n) is 6.05. The third kappa shape index (κ3) is 8.00.